The molecule has 1 aromatic heterocycles. The van der Waals surface area contributed by atoms with Crippen LogP contribution in [-0.4, -0.2) is 22.8 Å². The van der Waals surface area contributed by atoms with Crippen LogP contribution in [0, 0.1) is 5.82 Å². The van der Waals surface area contributed by atoms with Gasteiger partial charge in [-0.3, -0.25) is 9.59 Å². The van der Waals surface area contributed by atoms with Gasteiger partial charge in [-0.1, -0.05) is 17.8 Å². The highest BCUT2D eigenvalue weighted by Crippen LogP contribution is 2.20. The molecule has 1 aromatic carbocycles. The first-order valence-electron chi connectivity index (χ1n) is 6.25. The molecule has 0 aliphatic carbocycles. The van der Waals surface area contributed by atoms with E-state index in [1.165, 1.54) is 18.2 Å². The van der Waals surface area contributed by atoms with Gasteiger partial charge in [-0.25, -0.2) is 9.18 Å². The van der Waals surface area contributed by atoms with Crippen molar-refractivity contribution >= 4 is 33.6 Å². The highest BCUT2D eigenvalue weighted by Gasteiger charge is 2.28. The van der Waals surface area contributed by atoms with Crippen LogP contribution in [0.25, 0.3) is 10.8 Å². The normalized spacial score (nSPS) is 18.1. The Balaban J connectivity index is 1.93. The fraction of sp³-hybridized carbons (Fsp3) is 0.214. The van der Waals surface area contributed by atoms with E-state index in [0.717, 1.165) is 17.8 Å². The molecule has 1 N–H and O–H groups in total. The Morgan fingerprint density at radius 1 is 1.33 bits per heavy atom. The Bertz CT molecular complexity index is 801. The van der Waals surface area contributed by atoms with Gasteiger partial charge < -0.3 is 9.73 Å². The average molecular weight is 307 g/mol. The van der Waals surface area contributed by atoms with Gasteiger partial charge in [-0.05, 0) is 30.0 Å². The highest BCUT2D eigenvalue weighted by atomic mass is 32.2. The maximum atomic E-state index is 13.1. The van der Waals surface area contributed by atoms with E-state index in [1.807, 2.05) is 0 Å². The molecule has 3 rings (SSSR count). The maximum Gasteiger partial charge on any atom is 0.344 e. The molecule has 1 aliphatic rings. The first-order chi connectivity index (χ1) is 10.0. The predicted molar refractivity (Wildman–Crippen MR) is 75.8 cm³/mol. The third-order valence-corrected chi connectivity index (χ3v) is 4.20. The molecule has 1 atom stereocenters. The van der Waals surface area contributed by atoms with E-state index in [2.05, 4.69) is 5.32 Å². The smallest absolute Gasteiger partial charge is 0.344 e. The number of hydrogen-bond acceptors (Lipinski definition) is 5. The number of nitrogens with one attached hydrogen (secondary N) is 1. The first kappa shape index (κ1) is 13.8. The molecule has 2 aromatic rings. The minimum absolute atomic E-state index is 0.0686. The topological polar surface area (TPSA) is 76.4 Å². The summed E-state index contributed by atoms with van der Waals surface area (Å²) in [6, 6.07) is 4.45. The van der Waals surface area contributed by atoms with Crippen LogP contribution in [-0.2, 0) is 4.79 Å². The van der Waals surface area contributed by atoms with Crippen molar-refractivity contribution in [1.82, 2.24) is 5.32 Å². The monoisotopic (exact) mass is 307 g/mol. The van der Waals surface area contributed by atoms with E-state index in [-0.39, 0.29) is 16.3 Å². The summed E-state index contributed by atoms with van der Waals surface area (Å²) in [4.78, 5) is 35.3. The second-order valence-electron chi connectivity index (χ2n) is 4.61. The van der Waals surface area contributed by atoms with E-state index in [4.69, 9.17) is 4.42 Å². The van der Waals surface area contributed by atoms with Crippen molar-refractivity contribution in [3.8, 4) is 0 Å². The average Bonchev–Trinajstić information content (AvgIpc) is 2.85. The van der Waals surface area contributed by atoms with Crippen molar-refractivity contribution in [2.24, 2.45) is 0 Å². The number of fused-ring (bicyclic) bond motifs is 1. The van der Waals surface area contributed by atoms with Gasteiger partial charge >= 0.3 is 5.63 Å². The van der Waals surface area contributed by atoms with Crippen LogP contribution in [0.5, 0.6) is 0 Å². The lowest BCUT2D eigenvalue weighted by molar-refractivity contribution is -0.112. The van der Waals surface area contributed by atoms with E-state index < -0.39 is 23.4 Å². The summed E-state index contributed by atoms with van der Waals surface area (Å²) in [6.45, 7) is 0. The maximum absolute atomic E-state index is 13.1. The van der Waals surface area contributed by atoms with Gasteiger partial charge in [-0.2, -0.15) is 0 Å². The summed E-state index contributed by atoms with van der Waals surface area (Å²) >= 11 is 1.16. The summed E-state index contributed by atoms with van der Waals surface area (Å²) in [5.41, 5.74) is -0.788. The Morgan fingerprint density at radius 2 is 2.14 bits per heavy atom. The lowest BCUT2D eigenvalue weighted by atomic mass is 10.1. The molecule has 5 nitrogen and oxygen atoms in total. The summed E-state index contributed by atoms with van der Waals surface area (Å²) in [5.74, 6) is -0.714. The SMILES string of the molecule is O=C(NC1CCSC1=O)c1cc2ccc(F)cc2c(=O)o1. The van der Waals surface area contributed by atoms with Crippen molar-refractivity contribution in [2.75, 3.05) is 5.75 Å². The van der Waals surface area contributed by atoms with Crippen molar-refractivity contribution in [3.63, 3.8) is 0 Å². The molecule has 7 heteroatoms. The second-order valence-corrected chi connectivity index (χ2v) is 5.71. The minimum atomic E-state index is -0.788. The lowest BCUT2D eigenvalue weighted by Crippen LogP contribution is -2.37. The van der Waals surface area contributed by atoms with Crippen LogP contribution in [0.15, 0.2) is 33.5 Å². The second kappa shape index (κ2) is 5.33. The number of carbonyl (C=O) groups is 2. The number of rotatable bonds is 2. The third kappa shape index (κ3) is 2.69. The zero-order chi connectivity index (χ0) is 15.0. The van der Waals surface area contributed by atoms with Crippen LogP contribution in [0.1, 0.15) is 17.0 Å². The molecule has 1 aliphatic heterocycles. The van der Waals surface area contributed by atoms with Crippen LogP contribution in [0.2, 0.25) is 0 Å². The molecule has 0 spiro atoms. The Labute approximate surface area is 122 Å². The molecule has 1 saturated heterocycles. The van der Waals surface area contributed by atoms with Crippen molar-refractivity contribution in [3.05, 3.63) is 46.3 Å². The molecule has 1 fully saturated rings. The fourth-order valence-electron chi connectivity index (χ4n) is 2.12. The molecular weight excluding hydrogens is 297 g/mol. The Hall–Kier alpha value is -2.15. The molecule has 0 radical (unpaired) electrons. The molecule has 0 saturated carbocycles. The largest absolute Gasteiger partial charge is 0.417 e. The Morgan fingerprint density at radius 3 is 2.86 bits per heavy atom. The number of carbonyl (C=O) groups excluding carboxylic acids is 2. The summed E-state index contributed by atoms with van der Waals surface area (Å²) < 4.78 is 18.0. The molecule has 21 heavy (non-hydrogen) atoms. The fourth-order valence-corrected chi connectivity index (χ4v) is 3.06. The first-order valence-corrected chi connectivity index (χ1v) is 7.24. The quantitative estimate of drug-likeness (QED) is 0.913. The zero-order valence-electron chi connectivity index (χ0n) is 10.7. The molecule has 0 bridgehead atoms. The van der Waals surface area contributed by atoms with Gasteiger partial charge in [-0.15, -0.1) is 0 Å². The van der Waals surface area contributed by atoms with Gasteiger partial charge in [0.1, 0.15) is 5.82 Å². The van der Waals surface area contributed by atoms with Gasteiger partial charge in [0.05, 0.1) is 11.4 Å². The van der Waals surface area contributed by atoms with Gasteiger partial charge in [0.15, 0.2) is 5.76 Å². The molecule has 1 amide bonds. The van der Waals surface area contributed by atoms with E-state index in [1.54, 1.807) is 0 Å². The van der Waals surface area contributed by atoms with Gasteiger partial charge in [0.2, 0.25) is 5.12 Å². The third-order valence-electron chi connectivity index (χ3n) is 3.19. The molecule has 1 unspecified atom stereocenters. The highest BCUT2D eigenvalue weighted by molar-refractivity contribution is 8.14. The summed E-state index contributed by atoms with van der Waals surface area (Å²) in [5, 5.41) is 2.90. The molecular formula is C14H10FNO4S. The van der Waals surface area contributed by atoms with Crippen LogP contribution in [0.3, 0.4) is 0 Å². The van der Waals surface area contributed by atoms with Crippen LogP contribution >= 0.6 is 11.8 Å². The number of thioether (sulfide) groups is 1. The number of hydrogen-bond donors (Lipinski definition) is 1. The number of halogens is 1. The van der Waals surface area contributed by atoms with Crippen LogP contribution in [0.4, 0.5) is 4.39 Å². The van der Waals surface area contributed by atoms with E-state index >= 15 is 0 Å². The predicted octanol–water partition coefficient (Wildman–Crippen LogP) is 1.69. The summed E-state index contributed by atoms with van der Waals surface area (Å²) in [7, 11) is 0. The van der Waals surface area contributed by atoms with Gasteiger partial charge in [0.25, 0.3) is 5.91 Å². The molecule has 2 heterocycles. The Kier molecular flexibility index (Phi) is 3.50. The van der Waals surface area contributed by atoms with Gasteiger partial charge in [0, 0.05) is 5.75 Å². The summed E-state index contributed by atoms with van der Waals surface area (Å²) in [6.07, 6.45) is 0.554. The van der Waals surface area contributed by atoms with Crippen molar-refractivity contribution < 1.29 is 18.4 Å². The number of amides is 1. The van der Waals surface area contributed by atoms with Crippen molar-refractivity contribution in [2.45, 2.75) is 12.5 Å². The standard InChI is InChI=1S/C14H10FNO4S/c15-8-2-1-7-5-11(20-13(18)9(7)6-8)12(17)16-10-3-4-21-14(10)19/h1-2,5-6,10H,3-4H2,(H,16,17). The zero-order valence-corrected chi connectivity index (χ0v) is 11.5. The van der Waals surface area contributed by atoms with Crippen LogP contribution < -0.4 is 10.9 Å². The molecule has 108 valence electrons. The minimum Gasteiger partial charge on any atom is -0.417 e. The lowest BCUT2D eigenvalue weighted by Gasteiger charge is -2.09. The van der Waals surface area contributed by atoms with E-state index in [9.17, 15) is 18.8 Å². The number of benzene rings is 1. The van der Waals surface area contributed by atoms with Crippen molar-refractivity contribution in [1.29, 1.82) is 0 Å². The van der Waals surface area contributed by atoms with E-state index in [0.29, 0.717) is 17.6 Å².